The summed E-state index contributed by atoms with van der Waals surface area (Å²) in [6.07, 6.45) is 3.38. The fraction of sp³-hybridized carbons (Fsp3) is 0.120. The molecule has 0 spiro atoms. The molecule has 0 saturated heterocycles. The molecule has 0 radical (unpaired) electrons. The van der Waals surface area contributed by atoms with Gasteiger partial charge >= 0.3 is 0 Å². The number of rotatable bonds is 5. The smallest absolute Gasteiger partial charge is 0.266 e. The van der Waals surface area contributed by atoms with Crippen LogP contribution in [0.4, 0.5) is 11.4 Å². The highest BCUT2D eigenvalue weighted by Crippen LogP contribution is 2.35. The van der Waals surface area contributed by atoms with Gasteiger partial charge in [-0.25, -0.2) is 8.51 Å². The van der Waals surface area contributed by atoms with Crippen molar-refractivity contribution in [3.05, 3.63) is 102 Å². The first-order valence-corrected chi connectivity index (χ1v) is 11.4. The van der Waals surface area contributed by atoms with Crippen LogP contribution in [0.3, 0.4) is 0 Å². The Morgan fingerprint density at radius 2 is 1.72 bits per heavy atom. The standard InChI is InChI=1S/C25H21N3O3S/c29-25(27-21-15-14-17-7-1-2-10-19(17)21)20-11-3-4-12-22(20)28(32(30)31)23-13-5-8-18-9-6-16-26-24(18)23/h1-13,16,21H,14-15H2,(H,27,29)(H,30,31). The lowest BCUT2D eigenvalue weighted by molar-refractivity contribution is 0.0937. The van der Waals surface area contributed by atoms with E-state index >= 15 is 0 Å². The summed E-state index contributed by atoms with van der Waals surface area (Å²) in [6, 6.07) is 24.0. The highest BCUT2D eigenvalue weighted by atomic mass is 32.2. The van der Waals surface area contributed by atoms with Crippen LogP contribution in [0.15, 0.2) is 85.1 Å². The van der Waals surface area contributed by atoms with Crippen LogP contribution in [-0.4, -0.2) is 19.7 Å². The van der Waals surface area contributed by atoms with Crippen LogP contribution < -0.4 is 9.62 Å². The lowest BCUT2D eigenvalue weighted by atomic mass is 10.1. The van der Waals surface area contributed by atoms with E-state index in [9.17, 15) is 13.6 Å². The number of benzene rings is 3. The Balaban J connectivity index is 1.54. The van der Waals surface area contributed by atoms with Crippen molar-refractivity contribution in [2.75, 3.05) is 4.31 Å². The van der Waals surface area contributed by atoms with E-state index in [0.717, 1.165) is 23.8 Å². The average Bonchev–Trinajstić information content (AvgIpc) is 3.22. The fourth-order valence-corrected chi connectivity index (χ4v) is 4.98. The van der Waals surface area contributed by atoms with Gasteiger partial charge in [-0.1, -0.05) is 54.6 Å². The molecule has 4 aromatic rings. The molecule has 0 fully saturated rings. The SMILES string of the molecule is O=C(NC1CCc2ccccc21)c1ccccc1N(c1cccc2cccnc12)S(=O)O. The minimum atomic E-state index is -2.41. The number of nitrogens with zero attached hydrogens (tertiary/aromatic N) is 2. The largest absolute Gasteiger partial charge is 0.345 e. The number of pyridine rings is 1. The quantitative estimate of drug-likeness (QED) is 0.429. The molecular weight excluding hydrogens is 422 g/mol. The van der Waals surface area contributed by atoms with Gasteiger partial charge in [-0.3, -0.25) is 14.3 Å². The lowest BCUT2D eigenvalue weighted by Gasteiger charge is -2.24. The molecule has 0 aliphatic heterocycles. The van der Waals surface area contributed by atoms with E-state index in [0.29, 0.717) is 22.5 Å². The van der Waals surface area contributed by atoms with Gasteiger partial charge in [0.1, 0.15) is 0 Å². The van der Waals surface area contributed by atoms with Gasteiger partial charge in [-0.15, -0.1) is 0 Å². The number of hydrogen-bond acceptors (Lipinski definition) is 3. The van der Waals surface area contributed by atoms with E-state index in [1.807, 2.05) is 36.4 Å². The van der Waals surface area contributed by atoms with Crippen LogP contribution in [0.5, 0.6) is 0 Å². The highest BCUT2D eigenvalue weighted by Gasteiger charge is 2.27. The van der Waals surface area contributed by atoms with Gasteiger partial charge in [-0.05, 0) is 48.2 Å². The van der Waals surface area contributed by atoms with Crippen molar-refractivity contribution in [2.24, 2.45) is 0 Å². The first kappa shape index (κ1) is 20.4. The fourth-order valence-electron chi connectivity index (χ4n) is 4.34. The second-order valence-corrected chi connectivity index (χ2v) is 8.48. The number of carbonyl (C=O) groups excluding carboxylic acids is 1. The summed E-state index contributed by atoms with van der Waals surface area (Å²) in [5, 5.41) is 3.95. The number of carbonyl (C=O) groups is 1. The number of nitrogens with one attached hydrogen (secondary N) is 1. The molecular formula is C25H21N3O3S. The second kappa shape index (κ2) is 8.53. The molecule has 3 aromatic carbocycles. The first-order valence-electron chi connectivity index (χ1n) is 10.4. The van der Waals surface area contributed by atoms with Crippen LogP contribution >= 0.6 is 0 Å². The third kappa shape index (κ3) is 3.66. The van der Waals surface area contributed by atoms with E-state index in [1.165, 1.54) is 9.87 Å². The van der Waals surface area contributed by atoms with Crippen molar-refractivity contribution < 1.29 is 13.6 Å². The third-order valence-electron chi connectivity index (χ3n) is 5.79. The number of amides is 1. The number of hydrogen-bond donors (Lipinski definition) is 2. The van der Waals surface area contributed by atoms with Crippen molar-refractivity contribution >= 4 is 39.5 Å². The number of aromatic nitrogens is 1. The van der Waals surface area contributed by atoms with Gasteiger partial charge in [0.25, 0.3) is 17.2 Å². The predicted molar refractivity (Wildman–Crippen MR) is 126 cm³/mol. The van der Waals surface area contributed by atoms with Crippen molar-refractivity contribution in [1.82, 2.24) is 10.3 Å². The van der Waals surface area contributed by atoms with Crippen LogP contribution in [0.1, 0.15) is 33.9 Å². The summed E-state index contributed by atoms with van der Waals surface area (Å²) in [4.78, 5) is 17.7. The maximum atomic E-state index is 13.3. The maximum Gasteiger partial charge on any atom is 0.266 e. The summed E-state index contributed by atoms with van der Waals surface area (Å²) in [5.74, 6) is -0.286. The Morgan fingerprint density at radius 3 is 2.59 bits per heavy atom. The van der Waals surface area contributed by atoms with Gasteiger partial charge in [0, 0.05) is 11.6 Å². The van der Waals surface area contributed by atoms with Gasteiger partial charge < -0.3 is 5.32 Å². The van der Waals surface area contributed by atoms with E-state index in [4.69, 9.17) is 0 Å². The zero-order valence-corrected chi connectivity index (χ0v) is 18.0. The highest BCUT2D eigenvalue weighted by molar-refractivity contribution is 7.81. The molecule has 0 saturated carbocycles. The molecule has 2 N–H and O–H groups in total. The summed E-state index contributed by atoms with van der Waals surface area (Å²) >= 11 is -2.41. The predicted octanol–water partition coefficient (Wildman–Crippen LogP) is 4.93. The van der Waals surface area contributed by atoms with Gasteiger partial charge in [0.15, 0.2) is 0 Å². The molecule has 5 rings (SSSR count). The lowest BCUT2D eigenvalue weighted by Crippen LogP contribution is -2.30. The molecule has 1 aromatic heterocycles. The van der Waals surface area contributed by atoms with Crippen molar-refractivity contribution in [2.45, 2.75) is 18.9 Å². The molecule has 1 amide bonds. The number of aryl methyl sites for hydroxylation is 1. The monoisotopic (exact) mass is 443 g/mol. The van der Waals surface area contributed by atoms with E-state index in [1.54, 1.807) is 42.6 Å². The number of para-hydroxylation sites is 2. The van der Waals surface area contributed by atoms with Crippen LogP contribution in [0, 0.1) is 0 Å². The molecule has 0 bridgehead atoms. The van der Waals surface area contributed by atoms with E-state index in [2.05, 4.69) is 16.4 Å². The molecule has 1 heterocycles. The molecule has 1 aliphatic rings. The summed E-state index contributed by atoms with van der Waals surface area (Å²) in [7, 11) is 0. The zero-order valence-electron chi connectivity index (χ0n) is 17.1. The molecule has 1 aliphatic carbocycles. The first-order chi connectivity index (χ1) is 15.6. The van der Waals surface area contributed by atoms with E-state index in [-0.39, 0.29) is 11.9 Å². The zero-order chi connectivity index (χ0) is 22.1. The van der Waals surface area contributed by atoms with Crippen LogP contribution in [0.2, 0.25) is 0 Å². The average molecular weight is 444 g/mol. The normalized spacial score (nSPS) is 15.8. The molecule has 160 valence electrons. The van der Waals surface area contributed by atoms with Gasteiger partial charge in [0.2, 0.25) is 0 Å². The van der Waals surface area contributed by atoms with Crippen LogP contribution in [0.25, 0.3) is 10.9 Å². The van der Waals surface area contributed by atoms with Gasteiger partial charge in [-0.2, -0.15) is 0 Å². The number of anilines is 2. The Morgan fingerprint density at radius 1 is 0.969 bits per heavy atom. The maximum absolute atomic E-state index is 13.3. The van der Waals surface area contributed by atoms with Gasteiger partial charge in [0.05, 0.1) is 28.5 Å². The van der Waals surface area contributed by atoms with Crippen molar-refractivity contribution in [3.63, 3.8) is 0 Å². The summed E-state index contributed by atoms with van der Waals surface area (Å²) in [5.41, 5.74) is 4.07. The van der Waals surface area contributed by atoms with Crippen molar-refractivity contribution in [3.8, 4) is 0 Å². The summed E-state index contributed by atoms with van der Waals surface area (Å²) < 4.78 is 24.0. The molecule has 2 unspecified atom stereocenters. The Hall–Kier alpha value is -3.55. The topological polar surface area (TPSA) is 82.5 Å². The minimum absolute atomic E-state index is 0.0842. The third-order valence-corrected chi connectivity index (χ3v) is 6.50. The number of fused-ring (bicyclic) bond motifs is 2. The Labute approximate surface area is 188 Å². The Bertz CT molecular complexity index is 1340. The Kier molecular flexibility index (Phi) is 5.43. The molecule has 32 heavy (non-hydrogen) atoms. The molecule has 6 nitrogen and oxygen atoms in total. The second-order valence-electron chi connectivity index (χ2n) is 7.66. The van der Waals surface area contributed by atoms with E-state index < -0.39 is 11.3 Å². The van der Waals surface area contributed by atoms with Crippen LogP contribution in [-0.2, 0) is 17.7 Å². The minimum Gasteiger partial charge on any atom is -0.345 e. The van der Waals surface area contributed by atoms with Crippen molar-refractivity contribution in [1.29, 1.82) is 0 Å². The molecule has 2 atom stereocenters. The molecule has 7 heteroatoms. The summed E-state index contributed by atoms with van der Waals surface area (Å²) in [6.45, 7) is 0.